The van der Waals surface area contributed by atoms with Gasteiger partial charge in [0.05, 0.1) is 12.2 Å². The fourth-order valence-corrected chi connectivity index (χ4v) is 5.73. The van der Waals surface area contributed by atoms with Gasteiger partial charge in [0.15, 0.2) is 17.7 Å². The molecule has 0 radical (unpaired) electrons. The first-order valence-corrected chi connectivity index (χ1v) is 12.9. The molecule has 9 nitrogen and oxygen atoms in total. The van der Waals surface area contributed by atoms with Crippen LogP contribution in [0.1, 0.15) is 26.8 Å². The fourth-order valence-electron chi connectivity index (χ4n) is 4.05. The lowest BCUT2D eigenvalue weighted by molar-refractivity contribution is -0.191. The molecule has 5 atom stereocenters. The average Bonchev–Trinajstić information content (AvgIpc) is 3.31. The van der Waals surface area contributed by atoms with Gasteiger partial charge in [0.1, 0.15) is 23.8 Å². The van der Waals surface area contributed by atoms with E-state index in [9.17, 15) is 18.4 Å². The number of halogens is 3. The summed E-state index contributed by atoms with van der Waals surface area (Å²) in [6.07, 6.45) is 3.22. The number of pyridine rings is 1. The molecule has 0 spiro atoms. The Morgan fingerprint density at radius 1 is 1.16 bits per heavy atom. The van der Waals surface area contributed by atoms with Crippen molar-refractivity contribution in [2.75, 3.05) is 6.61 Å². The van der Waals surface area contributed by atoms with Crippen molar-refractivity contribution >= 4 is 39.6 Å². The molecule has 1 aromatic carbocycles. The molecule has 196 valence electrons. The predicted octanol–water partition coefficient (Wildman–Crippen LogP) is 4.57. The second kappa shape index (κ2) is 11.7. The quantitative estimate of drug-likeness (QED) is 0.362. The molecule has 3 heterocycles. The maximum absolute atomic E-state index is 13.8. The van der Waals surface area contributed by atoms with Crippen molar-refractivity contribution in [1.29, 1.82) is 0 Å². The fraction of sp³-hybridized carbons (Fsp3) is 0.375. The Hall–Kier alpha value is -2.90. The maximum atomic E-state index is 13.8. The van der Waals surface area contributed by atoms with Crippen LogP contribution in [-0.2, 0) is 23.8 Å². The van der Waals surface area contributed by atoms with Crippen LogP contribution in [-0.4, -0.2) is 56.2 Å². The molecule has 0 saturated carbocycles. The summed E-state index contributed by atoms with van der Waals surface area (Å²) in [5.41, 5.74) is 0.150. The molecule has 0 bridgehead atoms. The Bertz CT molecular complexity index is 1300. The van der Waals surface area contributed by atoms with Gasteiger partial charge in [0, 0.05) is 47.1 Å². The van der Waals surface area contributed by atoms with Crippen molar-refractivity contribution in [3.63, 3.8) is 0 Å². The summed E-state index contributed by atoms with van der Waals surface area (Å²) in [5, 5.41) is 8.36. The van der Waals surface area contributed by atoms with Crippen LogP contribution in [0.5, 0.6) is 0 Å². The summed E-state index contributed by atoms with van der Waals surface area (Å²) in [5.74, 6) is -3.35. The molecule has 37 heavy (non-hydrogen) atoms. The molecular weight excluding hydrogens is 574 g/mol. The van der Waals surface area contributed by atoms with Gasteiger partial charge >= 0.3 is 11.9 Å². The number of thioether (sulfide) groups is 1. The number of benzene rings is 1. The third-order valence-electron chi connectivity index (χ3n) is 5.70. The molecule has 1 aliphatic rings. The van der Waals surface area contributed by atoms with Crippen LogP contribution >= 0.6 is 27.7 Å². The van der Waals surface area contributed by atoms with E-state index in [4.69, 9.17) is 14.2 Å². The van der Waals surface area contributed by atoms with Crippen LogP contribution in [0.3, 0.4) is 0 Å². The summed E-state index contributed by atoms with van der Waals surface area (Å²) < 4.78 is 46.7. The van der Waals surface area contributed by atoms with Crippen molar-refractivity contribution in [1.82, 2.24) is 20.0 Å². The summed E-state index contributed by atoms with van der Waals surface area (Å²) in [7, 11) is 0. The van der Waals surface area contributed by atoms with Crippen LogP contribution in [0, 0.1) is 17.6 Å². The third kappa shape index (κ3) is 6.51. The van der Waals surface area contributed by atoms with Gasteiger partial charge in [0.25, 0.3) is 0 Å². The van der Waals surface area contributed by atoms with E-state index in [-0.39, 0.29) is 12.5 Å². The normalized spacial score (nSPS) is 23.5. The lowest BCUT2D eigenvalue weighted by Crippen LogP contribution is -2.53. The molecule has 2 aromatic heterocycles. The topological polar surface area (TPSA) is 105 Å². The Labute approximate surface area is 224 Å². The molecule has 0 aliphatic carbocycles. The van der Waals surface area contributed by atoms with E-state index in [1.807, 2.05) is 13.0 Å². The van der Waals surface area contributed by atoms with Crippen LogP contribution < -0.4 is 0 Å². The molecule has 0 amide bonds. The number of hydrogen-bond acceptors (Lipinski definition) is 9. The summed E-state index contributed by atoms with van der Waals surface area (Å²) in [4.78, 5) is 28.6. The highest BCUT2D eigenvalue weighted by molar-refractivity contribution is 9.10. The Balaban J connectivity index is 1.71. The first kappa shape index (κ1) is 27.1. The van der Waals surface area contributed by atoms with Crippen molar-refractivity contribution in [3.8, 4) is 11.3 Å². The minimum absolute atomic E-state index is 0.158. The number of rotatable bonds is 7. The molecule has 1 aliphatic heterocycles. The largest absolute Gasteiger partial charge is 0.463 e. The van der Waals surface area contributed by atoms with Gasteiger partial charge in [-0.3, -0.25) is 14.6 Å². The molecule has 4 rings (SSSR count). The zero-order valence-electron chi connectivity index (χ0n) is 20.0. The van der Waals surface area contributed by atoms with E-state index in [2.05, 4.69) is 31.2 Å². The number of hydrogen-bond donors (Lipinski definition) is 0. The lowest BCUT2D eigenvalue weighted by Gasteiger charge is -2.44. The van der Waals surface area contributed by atoms with Gasteiger partial charge in [-0.2, -0.15) is 0 Å². The standard InChI is InChI=1S/C24H23BrF2N4O5S/c1-12-22(31-10-20(29-30-31)15-4-5-18(26)19(27)6-15)23(35-14(3)33)21(11-34-13(2)32)36-24(12)37-17-7-16(25)8-28-9-17/h4-10,12,21-24H,11H2,1-3H3/t12?,21?,22-,23+,24-/m1/s1. The van der Waals surface area contributed by atoms with Gasteiger partial charge in [-0.1, -0.05) is 23.9 Å². The van der Waals surface area contributed by atoms with Crippen LogP contribution in [0.2, 0.25) is 0 Å². The molecule has 2 unspecified atom stereocenters. The van der Waals surface area contributed by atoms with E-state index < -0.39 is 47.3 Å². The van der Waals surface area contributed by atoms with Crippen molar-refractivity contribution < 1.29 is 32.6 Å². The van der Waals surface area contributed by atoms with E-state index in [0.717, 1.165) is 21.5 Å². The zero-order valence-corrected chi connectivity index (χ0v) is 22.4. The van der Waals surface area contributed by atoms with Crippen molar-refractivity contribution in [2.24, 2.45) is 5.92 Å². The smallest absolute Gasteiger partial charge is 0.303 e. The van der Waals surface area contributed by atoms with Gasteiger partial charge in [-0.25, -0.2) is 13.5 Å². The van der Waals surface area contributed by atoms with Crippen molar-refractivity contribution in [2.45, 2.75) is 49.4 Å². The van der Waals surface area contributed by atoms with Crippen LogP contribution in [0.15, 0.2) is 52.2 Å². The Morgan fingerprint density at radius 3 is 2.62 bits per heavy atom. The molecular formula is C24H23BrF2N4O5S. The first-order chi connectivity index (χ1) is 17.6. The second-order valence-corrected chi connectivity index (χ2v) is 10.5. The van der Waals surface area contributed by atoms with Gasteiger partial charge < -0.3 is 14.2 Å². The van der Waals surface area contributed by atoms with Crippen LogP contribution in [0.4, 0.5) is 8.78 Å². The molecule has 1 fully saturated rings. The summed E-state index contributed by atoms with van der Waals surface area (Å²) in [6.45, 7) is 4.29. The highest BCUT2D eigenvalue weighted by atomic mass is 79.9. The van der Waals surface area contributed by atoms with Gasteiger partial charge in [0.2, 0.25) is 0 Å². The highest BCUT2D eigenvalue weighted by Gasteiger charge is 2.48. The van der Waals surface area contributed by atoms with E-state index in [0.29, 0.717) is 11.3 Å². The number of esters is 2. The minimum atomic E-state index is -1.01. The lowest BCUT2D eigenvalue weighted by atomic mass is 9.90. The second-order valence-electron chi connectivity index (χ2n) is 8.44. The molecule has 0 N–H and O–H groups in total. The molecule has 1 saturated heterocycles. The Kier molecular flexibility index (Phi) is 8.55. The number of carbonyl (C=O) groups is 2. The number of aromatic nitrogens is 4. The summed E-state index contributed by atoms with van der Waals surface area (Å²) in [6, 6.07) is 4.73. The average molecular weight is 597 g/mol. The minimum Gasteiger partial charge on any atom is -0.463 e. The van der Waals surface area contributed by atoms with E-state index >= 15 is 0 Å². The van der Waals surface area contributed by atoms with E-state index in [1.54, 1.807) is 18.6 Å². The monoisotopic (exact) mass is 596 g/mol. The SMILES string of the molecule is CC(=O)OCC1O[C@H](Sc2cncc(Br)c2)C(C)[C@@H](n2cc(-c3ccc(F)c(F)c3)nn2)[C@H]1OC(C)=O. The highest BCUT2D eigenvalue weighted by Crippen LogP contribution is 2.43. The molecule has 3 aromatic rings. The van der Waals surface area contributed by atoms with Crippen molar-refractivity contribution in [3.05, 3.63) is 59.0 Å². The van der Waals surface area contributed by atoms with Gasteiger partial charge in [-0.05, 0) is 40.2 Å². The number of ether oxygens (including phenoxy) is 3. The first-order valence-electron chi connectivity index (χ1n) is 11.2. The Morgan fingerprint density at radius 2 is 1.95 bits per heavy atom. The maximum Gasteiger partial charge on any atom is 0.303 e. The predicted molar refractivity (Wildman–Crippen MR) is 132 cm³/mol. The zero-order chi connectivity index (χ0) is 26.7. The number of carbonyl (C=O) groups excluding carboxylic acids is 2. The van der Waals surface area contributed by atoms with Gasteiger partial charge in [-0.15, -0.1) is 5.10 Å². The third-order valence-corrected chi connectivity index (χ3v) is 7.40. The van der Waals surface area contributed by atoms with Crippen LogP contribution in [0.25, 0.3) is 11.3 Å². The number of nitrogens with zero attached hydrogens (tertiary/aromatic N) is 4. The summed E-state index contributed by atoms with van der Waals surface area (Å²) >= 11 is 4.81. The molecule has 13 heteroatoms. The van der Waals surface area contributed by atoms with E-state index in [1.165, 1.54) is 36.4 Å².